The number of anilines is 2. The van der Waals surface area contributed by atoms with E-state index in [-0.39, 0.29) is 12.5 Å². The van der Waals surface area contributed by atoms with Gasteiger partial charge in [-0.2, -0.15) is 0 Å². The van der Waals surface area contributed by atoms with Crippen LogP contribution in [0.15, 0.2) is 50.9 Å². The van der Waals surface area contributed by atoms with E-state index in [9.17, 15) is 19.2 Å². The van der Waals surface area contributed by atoms with Crippen molar-refractivity contribution in [1.29, 1.82) is 0 Å². The third-order valence-corrected chi connectivity index (χ3v) is 7.02. The minimum absolute atomic E-state index is 0.0758. The molecule has 10 nitrogen and oxygen atoms in total. The van der Waals surface area contributed by atoms with Gasteiger partial charge >= 0.3 is 11.8 Å². The summed E-state index contributed by atoms with van der Waals surface area (Å²) < 4.78 is 6.55. The Labute approximate surface area is 202 Å². The second-order valence-electron chi connectivity index (χ2n) is 7.89. The molecule has 5 rings (SSSR count). The zero-order valence-corrected chi connectivity index (χ0v) is 19.4. The van der Waals surface area contributed by atoms with Crippen LogP contribution in [0, 0.1) is 0 Å². The van der Waals surface area contributed by atoms with Crippen molar-refractivity contribution in [2.75, 3.05) is 35.6 Å². The van der Waals surface area contributed by atoms with Crippen LogP contribution in [-0.2, 0) is 16.1 Å². The predicted octanol–water partition coefficient (Wildman–Crippen LogP) is 2.00. The molecule has 3 heterocycles. The summed E-state index contributed by atoms with van der Waals surface area (Å²) in [7, 11) is 0. The summed E-state index contributed by atoms with van der Waals surface area (Å²) >= 11 is 7.52. The Morgan fingerprint density at radius 1 is 1.18 bits per heavy atom. The van der Waals surface area contributed by atoms with Gasteiger partial charge in [0.25, 0.3) is 5.56 Å². The molecule has 1 atom stereocenters. The van der Waals surface area contributed by atoms with Gasteiger partial charge in [0.2, 0.25) is 5.91 Å². The van der Waals surface area contributed by atoms with E-state index in [1.165, 1.54) is 16.7 Å². The fraction of sp³-hybridized carbons (Fsp3) is 0.273. The van der Waals surface area contributed by atoms with Crippen molar-refractivity contribution in [3.8, 4) is 0 Å². The number of para-hydroxylation sites is 1. The molecule has 3 aromatic rings. The monoisotopic (exact) mass is 501 g/mol. The minimum Gasteiger partial charge on any atom is -0.443 e. The Bertz CT molecular complexity index is 1420. The van der Waals surface area contributed by atoms with Crippen LogP contribution in [0.1, 0.15) is 0 Å². The van der Waals surface area contributed by atoms with E-state index >= 15 is 0 Å². The number of H-pyrrole nitrogens is 1. The van der Waals surface area contributed by atoms with Crippen LogP contribution < -0.4 is 26.8 Å². The highest BCUT2D eigenvalue weighted by Crippen LogP contribution is 2.35. The number of rotatable bonds is 6. The summed E-state index contributed by atoms with van der Waals surface area (Å²) in [5.41, 5.74) is 0.687. The topological polar surface area (TPSA) is 126 Å². The van der Waals surface area contributed by atoms with Gasteiger partial charge in [-0.15, -0.1) is 11.8 Å². The number of nitrogens with zero attached hydrogens (tertiary/aromatic N) is 2. The van der Waals surface area contributed by atoms with E-state index in [0.717, 1.165) is 9.46 Å². The van der Waals surface area contributed by atoms with Crippen LogP contribution in [0.3, 0.4) is 0 Å². The van der Waals surface area contributed by atoms with Crippen molar-refractivity contribution in [3.05, 3.63) is 62.3 Å². The van der Waals surface area contributed by atoms with Gasteiger partial charge in [-0.1, -0.05) is 17.7 Å². The maximum Gasteiger partial charge on any atom is 0.414 e. The van der Waals surface area contributed by atoms with Gasteiger partial charge in [-0.3, -0.25) is 19.1 Å². The summed E-state index contributed by atoms with van der Waals surface area (Å²) in [6.45, 7) is 1.15. The Hall–Kier alpha value is -3.28. The quantitative estimate of drug-likeness (QED) is 0.441. The van der Waals surface area contributed by atoms with Crippen LogP contribution in [-0.4, -0.2) is 53.0 Å². The molecule has 0 radical (unpaired) electrons. The number of cyclic esters (lactones) is 1. The third kappa shape index (κ3) is 4.29. The summed E-state index contributed by atoms with van der Waals surface area (Å²) in [4.78, 5) is 54.2. The first-order valence-corrected chi connectivity index (χ1v) is 11.9. The van der Waals surface area contributed by atoms with Crippen LogP contribution in [0.25, 0.3) is 10.9 Å². The zero-order chi connectivity index (χ0) is 23.8. The van der Waals surface area contributed by atoms with Gasteiger partial charge in [-0.25, -0.2) is 9.59 Å². The molecule has 1 saturated heterocycles. The Morgan fingerprint density at radius 2 is 2.03 bits per heavy atom. The number of carbonyl (C=O) groups is 2. The SMILES string of the molecule is O=C1CSc2ccc(N3C[C@@H](CNCCn4c(=O)[nH]c5c(Cl)cccc5c4=O)OC3=O)cc2N1. The van der Waals surface area contributed by atoms with Gasteiger partial charge in [0.05, 0.1) is 33.9 Å². The molecule has 2 aliphatic heterocycles. The van der Waals surface area contributed by atoms with E-state index < -0.39 is 23.4 Å². The molecule has 2 amide bonds. The number of carbonyl (C=O) groups excluding carboxylic acids is 2. The zero-order valence-electron chi connectivity index (χ0n) is 17.8. The van der Waals surface area contributed by atoms with E-state index in [1.807, 2.05) is 12.1 Å². The number of ether oxygens (including phenoxy) is 1. The second-order valence-corrected chi connectivity index (χ2v) is 9.31. The molecule has 0 unspecified atom stereocenters. The van der Waals surface area contributed by atoms with Crippen LogP contribution in [0.4, 0.5) is 16.2 Å². The number of aromatic nitrogens is 2. The maximum atomic E-state index is 12.7. The number of hydrogen-bond donors (Lipinski definition) is 3. The van der Waals surface area contributed by atoms with Gasteiger partial charge < -0.3 is 20.4 Å². The summed E-state index contributed by atoms with van der Waals surface area (Å²) in [6, 6.07) is 10.3. The largest absolute Gasteiger partial charge is 0.443 e. The lowest BCUT2D eigenvalue weighted by molar-refractivity contribution is -0.113. The number of benzene rings is 2. The molecule has 0 aliphatic carbocycles. The number of nitrogens with one attached hydrogen (secondary N) is 3. The van der Waals surface area contributed by atoms with Crippen molar-refractivity contribution in [1.82, 2.24) is 14.9 Å². The first-order valence-electron chi connectivity index (χ1n) is 10.6. The highest BCUT2D eigenvalue weighted by Gasteiger charge is 2.32. The van der Waals surface area contributed by atoms with Gasteiger partial charge in [0, 0.05) is 30.2 Å². The highest BCUT2D eigenvalue weighted by atomic mass is 35.5. The van der Waals surface area contributed by atoms with Crippen LogP contribution in [0.5, 0.6) is 0 Å². The van der Waals surface area contributed by atoms with Crippen molar-refractivity contribution >= 4 is 57.6 Å². The van der Waals surface area contributed by atoms with Crippen LogP contribution >= 0.6 is 23.4 Å². The van der Waals surface area contributed by atoms with Crippen molar-refractivity contribution < 1.29 is 14.3 Å². The smallest absolute Gasteiger partial charge is 0.414 e. The van der Waals surface area contributed by atoms with Gasteiger partial charge in [0.1, 0.15) is 6.10 Å². The fourth-order valence-corrected chi connectivity index (χ4v) is 4.99. The second kappa shape index (κ2) is 9.16. The fourth-order valence-electron chi connectivity index (χ4n) is 3.98. The van der Waals surface area contributed by atoms with Gasteiger partial charge in [-0.05, 0) is 30.3 Å². The number of hydrogen-bond acceptors (Lipinski definition) is 7. The summed E-state index contributed by atoms with van der Waals surface area (Å²) in [5.74, 6) is 0.296. The standard InChI is InChI=1S/C22H20ClN5O5S/c23-15-3-1-2-14-19(15)26-21(31)27(20(14)30)7-6-24-9-13-10-28(22(32)33-13)12-4-5-17-16(8-12)25-18(29)11-34-17/h1-5,8,13,24H,6-7,9-11H2,(H,25,29)(H,26,31)/t13-/m1/s1. The molecule has 3 N–H and O–H groups in total. The normalized spacial score (nSPS) is 17.6. The highest BCUT2D eigenvalue weighted by molar-refractivity contribution is 8.00. The number of amides is 2. The molecule has 176 valence electrons. The molecular formula is C22H20ClN5O5S. The Morgan fingerprint density at radius 3 is 2.88 bits per heavy atom. The lowest BCUT2D eigenvalue weighted by atomic mass is 10.2. The summed E-state index contributed by atoms with van der Waals surface area (Å²) in [5, 5.41) is 6.60. The van der Waals surface area contributed by atoms with E-state index in [1.54, 1.807) is 24.3 Å². The first-order chi connectivity index (χ1) is 16.4. The van der Waals surface area contributed by atoms with Crippen LogP contribution in [0.2, 0.25) is 5.02 Å². The molecule has 12 heteroatoms. The maximum absolute atomic E-state index is 12.7. The molecule has 2 aliphatic rings. The molecule has 34 heavy (non-hydrogen) atoms. The minimum atomic E-state index is -0.538. The van der Waals surface area contributed by atoms with Crippen molar-refractivity contribution in [3.63, 3.8) is 0 Å². The lowest BCUT2D eigenvalue weighted by Crippen LogP contribution is -2.39. The summed E-state index contributed by atoms with van der Waals surface area (Å²) in [6.07, 6.45) is -0.876. The average Bonchev–Trinajstić information content (AvgIpc) is 3.19. The number of aromatic amines is 1. The number of fused-ring (bicyclic) bond motifs is 2. The molecule has 0 saturated carbocycles. The third-order valence-electron chi connectivity index (χ3n) is 5.63. The number of thioether (sulfide) groups is 1. The van der Waals surface area contributed by atoms with E-state index in [0.29, 0.717) is 52.7 Å². The molecule has 0 bridgehead atoms. The Balaban J connectivity index is 1.20. The van der Waals surface area contributed by atoms with Crippen molar-refractivity contribution in [2.24, 2.45) is 0 Å². The van der Waals surface area contributed by atoms with Crippen molar-refractivity contribution in [2.45, 2.75) is 17.5 Å². The van der Waals surface area contributed by atoms with E-state index in [4.69, 9.17) is 16.3 Å². The molecule has 2 aromatic carbocycles. The van der Waals surface area contributed by atoms with Gasteiger partial charge in [0.15, 0.2) is 0 Å². The number of halogens is 1. The first kappa shape index (κ1) is 22.5. The molecule has 1 fully saturated rings. The molecule has 1 aromatic heterocycles. The molecular weight excluding hydrogens is 482 g/mol. The van der Waals surface area contributed by atoms with E-state index in [2.05, 4.69) is 15.6 Å². The molecule has 0 spiro atoms. The average molecular weight is 502 g/mol. The predicted molar refractivity (Wildman–Crippen MR) is 130 cm³/mol. The Kier molecular flexibility index (Phi) is 6.07. The lowest BCUT2D eigenvalue weighted by Gasteiger charge is -2.20.